The third kappa shape index (κ3) is 2.15. The van der Waals surface area contributed by atoms with Crippen molar-refractivity contribution in [3.8, 4) is 0 Å². The van der Waals surface area contributed by atoms with Crippen LogP contribution in [0, 0.1) is 0 Å². The zero-order valence-corrected chi connectivity index (χ0v) is 7.80. The molecule has 0 aliphatic rings. The molecule has 0 bridgehead atoms. The Hall–Kier alpha value is -0.680. The first-order chi connectivity index (χ1) is 5.61. The van der Waals surface area contributed by atoms with Gasteiger partial charge in [0.1, 0.15) is 5.76 Å². The topological polar surface area (TPSA) is 63.3 Å². The van der Waals surface area contributed by atoms with Crippen LogP contribution in [-0.4, -0.2) is 13.7 Å². The zero-order chi connectivity index (χ0) is 9.14. The van der Waals surface area contributed by atoms with Crippen LogP contribution in [0.3, 0.4) is 0 Å². The highest BCUT2D eigenvalue weighted by Gasteiger charge is 2.13. The first-order valence-corrected chi connectivity index (χ1v) is 4.88. The van der Waals surface area contributed by atoms with E-state index in [-0.39, 0.29) is 11.7 Å². The maximum atomic E-state index is 10.5. The van der Waals surface area contributed by atoms with Crippen LogP contribution in [0.15, 0.2) is 10.8 Å². The van der Waals surface area contributed by atoms with Gasteiger partial charge in [-0.2, -0.15) is 0 Å². The van der Waals surface area contributed by atoms with Gasteiger partial charge in [-0.15, -0.1) is 0 Å². The summed E-state index contributed by atoms with van der Waals surface area (Å²) in [5, 5.41) is 0. The van der Waals surface area contributed by atoms with Crippen molar-refractivity contribution < 1.29 is 13.2 Å². The Morgan fingerprint density at radius 3 is 2.92 bits per heavy atom. The minimum absolute atomic E-state index is 0.0456. The standard InChI is InChI=1S/C7H11NO3S/c1-5(2)7-6(3-12(9)10)8-4-11-7/h4-5H,3H2,1-2H3,(H,9,10). The van der Waals surface area contributed by atoms with E-state index in [4.69, 9.17) is 8.97 Å². The summed E-state index contributed by atoms with van der Waals surface area (Å²) in [6.07, 6.45) is 1.30. The highest BCUT2D eigenvalue weighted by molar-refractivity contribution is 7.78. The molecule has 0 saturated heterocycles. The molecule has 1 atom stereocenters. The third-order valence-corrected chi connectivity index (χ3v) is 1.98. The highest BCUT2D eigenvalue weighted by Crippen LogP contribution is 2.18. The Balaban J connectivity index is 2.84. The maximum Gasteiger partial charge on any atom is 0.181 e. The van der Waals surface area contributed by atoms with Gasteiger partial charge < -0.3 is 8.97 Å². The van der Waals surface area contributed by atoms with E-state index in [1.165, 1.54) is 6.39 Å². The fourth-order valence-corrected chi connectivity index (χ4v) is 1.42. The Kier molecular flexibility index (Phi) is 2.99. The third-order valence-electron chi connectivity index (χ3n) is 1.46. The molecule has 1 rings (SSSR count). The van der Waals surface area contributed by atoms with Gasteiger partial charge in [0, 0.05) is 5.92 Å². The Morgan fingerprint density at radius 2 is 2.42 bits per heavy atom. The molecule has 0 fully saturated rings. The fourth-order valence-electron chi connectivity index (χ4n) is 0.973. The molecule has 0 spiro atoms. The number of aromatic nitrogens is 1. The van der Waals surface area contributed by atoms with Gasteiger partial charge in [0.2, 0.25) is 0 Å². The molecule has 1 aromatic heterocycles. The average molecular weight is 189 g/mol. The van der Waals surface area contributed by atoms with Gasteiger partial charge in [0.25, 0.3) is 0 Å². The van der Waals surface area contributed by atoms with Crippen LogP contribution in [0.5, 0.6) is 0 Å². The SMILES string of the molecule is CC(C)c1ocnc1CS(=O)O. The molecular formula is C7H11NO3S. The second kappa shape index (κ2) is 3.82. The monoisotopic (exact) mass is 189 g/mol. The average Bonchev–Trinajstić information content (AvgIpc) is 2.33. The smallest absolute Gasteiger partial charge is 0.181 e. The van der Waals surface area contributed by atoms with Crippen molar-refractivity contribution in [3.05, 3.63) is 17.8 Å². The molecule has 0 aliphatic heterocycles. The molecule has 1 unspecified atom stereocenters. The number of hydrogen-bond donors (Lipinski definition) is 1. The minimum atomic E-state index is -1.84. The molecule has 4 nitrogen and oxygen atoms in total. The lowest BCUT2D eigenvalue weighted by atomic mass is 10.1. The largest absolute Gasteiger partial charge is 0.448 e. The summed E-state index contributed by atoms with van der Waals surface area (Å²) in [7, 11) is 0. The maximum absolute atomic E-state index is 10.5. The normalized spacial score (nSPS) is 13.7. The van der Waals surface area contributed by atoms with Crippen molar-refractivity contribution in [2.45, 2.75) is 25.5 Å². The summed E-state index contributed by atoms with van der Waals surface area (Å²) in [5.41, 5.74) is 0.575. The van der Waals surface area contributed by atoms with E-state index >= 15 is 0 Å². The van der Waals surface area contributed by atoms with Crippen LogP contribution in [0.25, 0.3) is 0 Å². The van der Waals surface area contributed by atoms with Gasteiger partial charge in [0.15, 0.2) is 17.5 Å². The molecule has 0 saturated carbocycles. The second-order valence-electron chi connectivity index (χ2n) is 2.78. The summed E-state index contributed by atoms with van der Waals surface area (Å²) in [5.74, 6) is 0.938. The molecule has 0 amide bonds. The first-order valence-electron chi connectivity index (χ1n) is 3.61. The molecule has 1 aromatic rings. The van der Waals surface area contributed by atoms with E-state index in [1.807, 2.05) is 13.8 Å². The first kappa shape index (κ1) is 9.41. The lowest BCUT2D eigenvalue weighted by Crippen LogP contribution is -1.98. The molecule has 5 heteroatoms. The van der Waals surface area contributed by atoms with Gasteiger partial charge in [-0.25, -0.2) is 9.19 Å². The van der Waals surface area contributed by atoms with Gasteiger partial charge in [-0.3, -0.25) is 0 Å². The Morgan fingerprint density at radius 1 is 1.75 bits per heavy atom. The van der Waals surface area contributed by atoms with E-state index in [2.05, 4.69) is 4.98 Å². The summed E-state index contributed by atoms with van der Waals surface area (Å²) < 4.78 is 24.2. The van der Waals surface area contributed by atoms with Crippen molar-refractivity contribution in [2.75, 3.05) is 0 Å². The molecule has 0 radical (unpaired) electrons. The number of oxazole rings is 1. The molecule has 1 N–H and O–H groups in total. The lowest BCUT2D eigenvalue weighted by Gasteiger charge is -2.00. The van der Waals surface area contributed by atoms with E-state index in [1.54, 1.807) is 0 Å². The van der Waals surface area contributed by atoms with Crippen LogP contribution in [0.4, 0.5) is 0 Å². The van der Waals surface area contributed by atoms with E-state index in [0.717, 1.165) is 0 Å². The molecule has 1 heterocycles. The van der Waals surface area contributed by atoms with Crippen LogP contribution in [0.2, 0.25) is 0 Å². The highest BCUT2D eigenvalue weighted by atomic mass is 32.2. The summed E-state index contributed by atoms with van der Waals surface area (Å²) in [4.78, 5) is 3.86. The summed E-state index contributed by atoms with van der Waals surface area (Å²) >= 11 is -1.84. The van der Waals surface area contributed by atoms with Gasteiger partial charge in [-0.1, -0.05) is 13.8 Å². The predicted molar refractivity (Wildman–Crippen MR) is 45.1 cm³/mol. The van der Waals surface area contributed by atoms with Crippen molar-refractivity contribution in [3.63, 3.8) is 0 Å². The van der Waals surface area contributed by atoms with Crippen molar-refractivity contribution >= 4 is 11.1 Å². The second-order valence-corrected chi connectivity index (χ2v) is 3.72. The predicted octanol–water partition coefficient (Wildman–Crippen LogP) is 1.52. The van der Waals surface area contributed by atoms with Crippen LogP contribution in [0.1, 0.15) is 31.2 Å². The van der Waals surface area contributed by atoms with Crippen molar-refractivity contribution in [1.29, 1.82) is 0 Å². The van der Waals surface area contributed by atoms with Gasteiger partial charge >= 0.3 is 0 Å². The van der Waals surface area contributed by atoms with Crippen LogP contribution >= 0.6 is 0 Å². The van der Waals surface area contributed by atoms with Crippen LogP contribution < -0.4 is 0 Å². The number of rotatable bonds is 3. The van der Waals surface area contributed by atoms with E-state index in [9.17, 15) is 4.21 Å². The lowest BCUT2D eigenvalue weighted by molar-refractivity contribution is 0.479. The molecule has 12 heavy (non-hydrogen) atoms. The number of hydrogen-bond acceptors (Lipinski definition) is 3. The number of nitrogens with zero attached hydrogens (tertiary/aromatic N) is 1. The molecule has 0 aliphatic carbocycles. The quantitative estimate of drug-likeness (QED) is 0.732. The van der Waals surface area contributed by atoms with Gasteiger partial charge in [0.05, 0.1) is 11.4 Å². The molecular weight excluding hydrogens is 178 g/mol. The zero-order valence-electron chi connectivity index (χ0n) is 6.98. The molecule has 0 aromatic carbocycles. The molecule has 68 valence electrons. The van der Waals surface area contributed by atoms with E-state index < -0.39 is 11.1 Å². The van der Waals surface area contributed by atoms with Crippen molar-refractivity contribution in [2.24, 2.45) is 0 Å². The Labute approximate surface area is 73.3 Å². The van der Waals surface area contributed by atoms with Crippen LogP contribution in [-0.2, 0) is 16.8 Å². The Bertz CT molecular complexity index is 282. The fraction of sp³-hybridized carbons (Fsp3) is 0.571. The summed E-state index contributed by atoms with van der Waals surface area (Å²) in [6, 6.07) is 0. The minimum Gasteiger partial charge on any atom is -0.448 e. The summed E-state index contributed by atoms with van der Waals surface area (Å²) in [6.45, 7) is 3.90. The van der Waals surface area contributed by atoms with Crippen molar-refractivity contribution in [1.82, 2.24) is 4.98 Å². The van der Waals surface area contributed by atoms with Gasteiger partial charge in [-0.05, 0) is 0 Å². The van der Waals surface area contributed by atoms with E-state index in [0.29, 0.717) is 11.5 Å².